The first-order valence-electron chi connectivity index (χ1n) is 5.33. The molecule has 0 aromatic heterocycles. The highest BCUT2D eigenvalue weighted by Gasteiger charge is 2.48. The van der Waals surface area contributed by atoms with Gasteiger partial charge in [-0.05, 0) is 13.8 Å². The summed E-state index contributed by atoms with van der Waals surface area (Å²) in [5.74, 6) is 0. The second-order valence-corrected chi connectivity index (χ2v) is 3.58. The number of rotatable bonds is 4. The maximum atomic E-state index is 5.63. The van der Waals surface area contributed by atoms with Crippen LogP contribution in [0.2, 0.25) is 0 Å². The first-order chi connectivity index (χ1) is 6.86. The van der Waals surface area contributed by atoms with Crippen LogP contribution in [-0.2, 0) is 18.9 Å². The zero-order chi connectivity index (χ0) is 9.97. The smallest absolute Gasteiger partial charge is 0.115 e. The monoisotopic (exact) mass is 202 g/mol. The van der Waals surface area contributed by atoms with Crippen LogP contribution in [0.5, 0.6) is 0 Å². The van der Waals surface area contributed by atoms with E-state index in [2.05, 4.69) is 0 Å². The van der Waals surface area contributed by atoms with E-state index < -0.39 is 0 Å². The summed E-state index contributed by atoms with van der Waals surface area (Å²) in [4.78, 5) is 0. The van der Waals surface area contributed by atoms with Gasteiger partial charge in [-0.25, -0.2) is 0 Å². The Balaban J connectivity index is 1.90. The summed E-state index contributed by atoms with van der Waals surface area (Å²) in [5.41, 5.74) is 0. The molecule has 14 heavy (non-hydrogen) atoms. The van der Waals surface area contributed by atoms with Gasteiger partial charge in [0.1, 0.15) is 24.4 Å². The molecular weight excluding hydrogens is 184 g/mol. The van der Waals surface area contributed by atoms with E-state index in [9.17, 15) is 0 Å². The minimum Gasteiger partial charge on any atom is -0.373 e. The predicted octanol–water partition coefficient (Wildman–Crippen LogP) is 0.594. The van der Waals surface area contributed by atoms with Gasteiger partial charge in [0.25, 0.3) is 0 Å². The normalized spacial score (nSPS) is 41.6. The molecule has 0 radical (unpaired) electrons. The quantitative estimate of drug-likeness (QED) is 0.668. The molecule has 0 saturated carbocycles. The Morgan fingerprint density at radius 3 is 1.71 bits per heavy atom. The number of hydrogen-bond donors (Lipinski definition) is 0. The molecule has 0 bridgehead atoms. The van der Waals surface area contributed by atoms with Gasteiger partial charge in [-0.15, -0.1) is 0 Å². The van der Waals surface area contributed by atoms with Crippen LogP contribution in [0.15, 0.2) is 0 Å². The minimum absolute atomic E-state index is 0.0755. The van der Waals surface area contributed by atoms with E-state index in [1.54, 1.807) is 0 Å². The summed E-state index contributed by atoms with van der Waals surface area (Å²) >= 11 is 0. The molecule has 0 N–H and O–H groups in total. The molecular formula is C10H18O4. The van der Waals surface area contributed by atoms with Crippen molar-refractivity contribution in [3.63, 3.8) is 0 Å². The average Bonchev–Trinajstić information content (AvgIpc) is 2.72. The minimum atomic E-state index is 0.0755. The van der Waals surface area contributed by atoms with Crippen LogP contribution in [0.25, 0.3) is 0 Å². The maximum Gasteiger partial charge on any atom is 0.115 e. The Morgan fingerprint density at radius 1 is 0.929 bits per heavy atom. The number of fused-ring (bicyclic) bond motifs is 1. The van der Waals surface area contributed by atoms with Crippen LogP contribution in [0.4, 0.5) is 0 Å². The van der Waals surface area contributed by atoms with Gasteiger partial charge in [0.05, 0.1) is 13.2 Å². The van der Waals surface area contributed by atoms with Crippen molar-refractivity contribution in [2.75, 3.05) is 26.4 Å². The molecule has 0 aromatic carbocycles. The SMILES string of the molecule is CCO[C@H]1COC2C1OC[C@@H]2OCC. The van der Waals surface area contributed by atoms with E-state index in [-0.39, 0.29) is 24.4 Å². The van der Waals surface area contributed by atoms with E-state index in [1.807, 2.05) is 13.8 Å². The molecule has 0 amide bonds. The van der Waals surface area contributed by atoms with Crippen molar-refractivity contribution in [2.45, 2.75) is 38.3 Å². The number of ether oxygens (including phenoxy) is 4. The first-order valence-corrected chi connectivity index (χ1v) is 5.33. The highest BCUT2D eigenvalue weighted by atomic mass is 16.6. The summed E-state index contributed by atoms with van der Waals surface area (Å²) < 4.78 is 22.3. The van der Waals surface area contributed by atoms with Gasteiger partial charge in [-0.3, -0.25) is 0 Å². The fraction of sp³-hybridized carbons (Fsp3) is 1.00. The third-order valence-corrected chi connectivity index (χ3v) is 2.72. The highest BCUT2D eigenvalue weighted by Crippen LogP contribution is 2.30. The molecule has 0 aliphatic carbocycles. The van der Waals surface area contributed by atoms with Gasteiger partial charge in [0.15, 0.2) is 0 Å². The molecule has 2 unspecified atom stereocenters. The van der Waals surface area contributed by atoms with Crippen LogP contribution in [0.1, 0.15) is 13.8 Å². The first kappa shape index (κ1) is 10.4. The van der Waals surface area contributed by atoms with E-state index >= 15 is 0 Å². The Labute approximate surface area is 84.5 Å². The molecule has 0 spiro atoms. The highest BCUT2D eigenvalue weighted by molar-refractivity contribution is 4.95. The predicted molar refractivity (Wildman–Crippen MR) is 50.3 cm³/mol. The van der Waals surface area contributed by atoms with Crippen molar-refractivity contribution in [2.24, 2.45) is 0 Å². The van der Waals surface area contributed by atoms with Crippen LogP contribution in [0.3, 0.4) is 0 Å². The lowest BCUT2D eigenvalue weighted by Crippen LogP contribution is -2.34. The summed E-state index contributed by atoms with van der Waals surface area (Å²) in [7, 11) is 0. The summed E-state index contributed by atoms with van der Waals surface area (Å²) in [6.07, 6.45) is 0.337. The Morgan fingerprint density at radius 2 is 1.36 bits per heavy atom. The third-order valence-electron chi connectivity index (χ3n) is 2.72. The molecule has 2 saturated heterocycles. The van der Waals surface area contributed by atoms with E-state index in [0.717, 1.165) is 0 Å². The Bertz CT molecular complexity index is 165. The Kier molecular flexibility index (Phi) is 3.38. The van der Waals surface area contributed by atoms with Crippen LogP contribution >= 0.6 is 0 Å². The van der Waals surface area contributed by atoms with Crippen LogP contribution < -0.4 is 0 Å². The molecule has 2 fully saturated rings. The van der Waals surface area contributed by atoms with Gasteiger partial charge in [0, 0.05) is 13.2 Å². The van der Waals surface area contributed by atoms with Crippen molar-refractivity contribution in [1.82, 2.24) is 0 Å². The largest absolute Gasteiger partial charge is 0.373 e. The topological polar surface area (TPSA) is 36.9 Å². The zero-order valence-corrected chi connectivity index (χ0v) is 8.77. The van der Waals surface area contributed by atoms with Crippen molar-refractivity contribution >= 4 is 0 Å². The summed E-state index contributed by atoms with van der Waals surface area (Å²) in [6, 6.07) is 0. The molecule has 4 heteroatoms. The maximum absolute atomic E-state index is 5.63. The molecule has 4 nitrogen and oxygen atoms in total. The third kappa shape index (κ3) is 1.80. The van der Waals surface area contributed by atoms with E-state index in [1.165, 1.54) is 0 Å². The standard InChI is InChI=1S/C10H18O4/c1-3-11-7-5-13-10-8(12-4-2)6-14-9(7)10/h7-10H,3-6H2,1-2H3/t7-,8-,9?,10?/m0/s1. The average molecular weight is 202 g/mol. The Hall–Kier alpha value is -0.160. The van der Waals surface area contributed by atoms with Gasteiger partial charge in [-0.1, -0.05) is 0 Å². The molecule has 0 aromatic rings. The van der Waals surface area contributed by atoms with Crippen LogP contribution in [0, 0.1) is 0 Å². The fourth-order valence-corrected chi connectivity index (χ4v) is 2.14. The second-order valence-electron chi connectivity index (χ2n) is 3.58. The van der Waals surface area contributed by atoms with Crippen molar-refractivity contribution in [1.29, 1.82) is 0 Å². The lowest BCUT2D eigenvalue weighted by atomic mass is 10.1. The van der Waals surface area contributed by atoms with Gasteiger partial charge in [0.2, 0.25) is 0 Å². The molecule has 4 atom stereocenters. The second kappa shape index (κ2) is 4.57. The summed E-state index contributed by atoms with van der Waals surface area (Å²) in [6.45, 7) is 6.66. The zero-order valence-electron chi connectivity index (χ0n) is 8.77. The van der Waals surface area contributed by atoms with E-state index in [0.29, 0.717) is 26.4 Å². The van der Waals surface area contributed by atoms with Crippen LogP contribution in [-0.4, -0.2) is 50.8 Å². The van der Waals surface area contributed by atoms with Gasteiger partial charge >= 0.3 is 0 Å². The van der Waals surface area contributed by atoms with Crippen molar-refractivity contribution in [3.05, 3.63) is 0 Å². The molecule has 82 valence electrons. The molecule has 2 aliphatic rings. The van der Waals surface area contributed by atoms with E-state index in [4.69, 9.17) is 18.9 Å². The molecule has 2 rings (SSSR count). The van der Waals surface area contributed by atoms with Gasteiger partial charge < -0.3 is 18.9 Å². The lowest BCUT2D eigenvalue weighted by Gasteiger charge is -2.16. The molecule has 2 heterocycles. The van der Waals surface area contributed by atoms with Gasteiger partial charge in [-0.2, -0.15) is 0 Å². The lowest BCUT2D eigenvalue weighted by molar-refractivity contribution is -0.0457. The van der Waals surface area contributed by atoms with Crippen molar-refractivity contribution < 1.29 is 18.9 Å². The summed E-state index contributed by atoms with van der Waals surface area (Å²) in [5, 5.41) is 0. The van der Waals surface area contributed by atoms with Crippen molar-refractivity contribution in [3.8, 4) is 0 Å². The molecule has 2 aliphatic heterocycles. The number of hydrogen-bond acceptors (Lipinski definition) is 4. The fourth-order valence-electron chi connectivity index (χ4n) is 2.14.